The zero-order valence-corrected chi connectivity index (χ0v) is 10.4. The Kier molecular flexibility index (Phi) is 3.13. The Morgan fingerprint density at radius 1 is 1.56 bits per heavy atom. The van der Waals surface area contributed by atoms with E-state index >= 15 is 0 Å². The van der Waals surface area contributed by atoms with E-state index in [0.29, 0.717) is 17.3 Å². The van der Waals surface area contributed by atoms with E-state index < -0.39 is 0 Å². The molecule has 16 heavy (non-hydrogen) atoms. The van der Waals surface area contributed by atoms with Gasteiger partial charge >= 0.3 is 0 Å². The smallest absolute Gasteiger partial charge is 0.161 e. The molecule has 0 unspecified atom stereocenters. The van der Waals surface area contributed by atoms with Crippen LogP contribution in [0.4, 0.5) is 10.1 Å². The van der Waals surface area contributed by atoms with Crippen LogP contribution in [0, 0.1) is 17.1 Å². The fourth-order valence-corrected chi connectivity index (χ4v) is 2.07. The summed E-state index contributed by atoms with van der Waals surface area (Å²) in [7, 11) is 1.86. The number of benzene rings is 1. The second-order valence-corrected chi connectivity index (χ2v) is 4.59. The van der Waals surface area contributed by atoms with Crippen molar-refractivity contribution in [3.8, 4) is 6.07 Å². The Morgan fingerprint density at radius 3 is 2.75 bits per heavy atom. The molecule has 1 aliphatic rings. The molecule has 0 aromatic heterocycles. The molecule has 1 aliphatic heterocycles. The first kappa shape index (κ1) is 11.4. The molecule has 0 atom stereocenters. The number of rotatable bonds is 2. The molecule has 0 aliphatic carbocycles. The minimum Gasteiger partial charge on any atom is -0.367 e. The first-order valence-electron chi connectivity index (χ1n) is 4.96. The predicted octanol–water partition coefficient (Wildman–Crippen LogP) is 1.87. The molecule has 1 heterocycles. The molecular weight excluding hydrogens is 273 g/mol. The van der Waals surface area contributed by atoms with Gasteiger partial charge in [0.05, 0.1) is 21.8 Å². The number of hydrogen-bond donors (Lipinski definition) is 1. The Morgan fingerprint density at radius 2 is 2.25 bits per heavy atom. The van der Waals surface area contributed by atoms with E-state index in [2.05, 4.69) is 21.2 Å². The minimum absolute atomic E-state index is 0.242. The standard InChI is InChI=1S/C11H11BrFN3/c1-16(8-5-15-6-8)9-3-2-7(4-14)10(12)11(9)13/h2-3,8,15H,5-6H2,1H3. The third kappa shape index (κ3) is 1.79. The Balaban J connectivity index is 2.35. The lowest BCUT2D eigenvalue weighted by molar-refractivity contribution is 0.424. The van der Waals surface area contributed by atoms with Crippen LogP contribution in [0.25, 0.3) is 0 Å². The van der Waals surface area contributed by atoms with E-state index in [-0.39, 0.29) is 10.3 Å². The van der Waals surface area contributed by atoms with E-state index in [0.717, 1.165) is 13.1 Å². The van der Waals surface area contributed by atoms with Crippen molar-refractivity contribution in [3.63, 3.8) is 0 Å². The van der Waals surface area contributed by atoms with Gasteiger partial charge in [-0.3, -0.25) is 0 Å². The lowest BCUT2D eigenvalue weighted by Crippen LogP contribution is -2.56. The first-order valence-corrected chi connectivity index (χ1v) is 5.76. The summed E-state index contributed by atoms with van der Waals surface area (Å²) in [4.78, 5) is 1.90. The van der Waals surface area contributed by atoms with Crippen LogP contribution in [0.3, 0.4) is 0 Å². The fourth-order valence-electron chi connectivity index (χ4n) is 1.64. The Hall–Kier alpha value is -1.12. The van der Waals surface area contributed by atoms with Crippen LogP contribution in [0.5, 0.6) is 0 Å². The van der Waals surface area contributed by atoms with Crippen LogP contribution < -0.4 is 10.2 Å². The van der Waals surface area contributed by atoms with Gasteiger partial charge in [0.15, 0.2) is 5.82 Å². The van der Waals surface area contributed by atoms with Gasteiger partial charge in [-0.2, -0.15) is 5.26 Å². The molecule has 0 radical (unpaired) electrons. The normalized spacial score (nSPS) is 15.4. The van der Waals surface area contributed by atoms with Crippen molar-refractivity contribution >= 4 is 21.6 Å². The summed E-state index contributed by atoms with van der Waals surface area (Å²) in [6.45, 7) is 1.74. The van der Waals surface area contributed by atoms with Gasteiger partial charge in [0.25, 0.3) is 0 Å². The highest BCUT2D eigenvalue weighted by molar-refractivity contribution is 9.10. The van der Waals surface area contributed by atoms with Gasteiger partial charge in [0.1, 0.15) is 6.07 Å². The van der Waals surface area contributed by atoms with E-state index in [1.54, 1.807) is 12.1 Å². The summed E-state index contributed by atoms with van der Waals surface area (Å²) in [5.41, 5.74) is 0.846. The largest absolute Gasteiger partial charge is 0.367 e. The highest BCUT2D eigenvalue weighted by atomic mass is 79.9. The number of nitrogens with one attached hydrogen (secondary N) is 1. The quantitative estimate of drug-likeness (QED) is 0.901. The summed E-state index contributed by atoms with van der Waals surface area (Å²) < 4.78 is 14.2. The highest BCUT2D eigenvalue weighted by Crippen LogP contribution is 2.29. The maximum Gasteiger partial charge on any atom is 0.161 e. The Labute approximate surface area is 102 Å². The molecule has 1 fully saturated rings. The van der Waals surface area contributed by atoms with Gasteiger partial charge in [-0.25, -0.2) is 4.39 Å². The number of anilines is 1. The zero-order valence-electron chi connectivity index (χ0n) is 8.80. The number of hydrogen-bond acceptors (Lipinski definition) is 3. The number of halogens is 2. The molecule has 1 saturated heterocycles. The van der Waals surface area contributed by atoms with E-state index in [1.807, 2.05) is 18.0 Å². The summed E-state index contributed by atoms with van der Waals surface area (Å²) in [5, 5.41) is 11.9. The van der Waals surface area contributed by atoms with E-state index in [9.17, 15) is 4.39 Å². The summed E-state index contributed by atoms with van der Waals surface area (Å²) in [6.07, 6.45) is 0. The molecular formula is C11H11BrFN3. The maximum absolute atomic E-state index is 14.0. The topological polar surface area (TPSA) is 39.1 Å². The predicted molar refractivity (Wildman–Crippen MR) is 63.9 cm³/mol. The molecule has 1 N–H and O–H groups in total. The van der Waals surface area contributed by atoms with Crippen molar-refractivity contribution in [2.45, 2.75) is 6.04 Å². The SMILES string of the molecule is CN(c1ccc(C#N)c(Br)c1F)C1CNC1. The highest BCUT2D eigenvalue weighted by Gasteiger charge is 2.24. The third-order valence-electron chi connectivity index (χ3n) is 2.87. The van der Waals surface area contributed by atoms with Crippen molar-refractivity contribution in [1.29, 1.82) is 5.26 Å². The number of nitriles is 1. The second-order valence-electron chi connectivity index (χ2n) is 3.79. The van der Waals surface area contributed by atoms with E-state index in [1.165, 1.54) is 0 Å². The maximum atomic E-state index is 14.0. The fraction of sp³-hybridized carbons (Fsp3) is 0.364. The third-order valence-corrected chi connectivity index (χ3v) is 3.65. The first-order chi connectivity index (χ1) is 7.65. The summed E-state index contributed by atoms with van der Waals surface area (Å²) in [5.74, 6) is -0.367. The average Bonchev–Trinajstić information content (AvgIpc) is 2.19. The van der Waals surface area contributed by atoms with Crippen LogP contribution in [-0.2, 0) is 0 Å². The van der Waals surface area contributed by atoms with Crippen LogP contribution in [0.1, 0.15) is 5.56 Å². The molecule has 0 spiro atoms. The van der Waals surface area contributed by atoms with Gasteiger partial charge in [0.2, 0.25) is 0 Å². The zero-order chi connectivity index (χ0) is 11.7. The lowest BCUT2D eigenvalue weighted by Gasteiger charge is -2.37. The van der Waals surface area contributed by atoms with Crippen molar-refractivity contribution in [2.24, 2.45) is 0 Å². The molecule has 1 aromatic rings. The number of likely N-dealkylation sites (N-methyl/N-ethyl adjacent to an activating group) is 1. The van der Waals surface area contributed by atoms with Crippen LogP contribution in [0.15, 0.2) is 16.6 Å². The molecule has 5 heteroatoms. The van der Waals surface area contributed by atoms with Gasteiger partial charge in [-0.15, -0.1) is 0 Å². The van der Waals surface area contributed by atoms with Crippen LogP contribution >= 0.6 is 15.9 Å². The van der Waals surface area contributed by atoms with Gasteiger partial charge in [-0.1, -0.05) is 0 Å². The Bertz CT molecular complexity index is 451. The monoisotopic (exact) mass is 283 g/mol. The van der Waals surface area contributed by atoms with Crippen molar-refractivity contribution in [3.05, 3.63) is 28.0 Å². The molecule has 0 bridgehead atoms. The summed E-state index contributed by atoms with van der Waals surface area (Å²) in [6, 6.07) is 5.55. The molecule has 3 nitrogen and oxygen atoms in total. The molecule has 2 rings (SSSR count). The molecule has 0 saturated carbocycles. The van der Waals surface area contributed by atoms with Gasteiger partial charge < -0.3 is 10.2 Å². The van der Waals surface area contributed by atoms with Gasteiger partial charge in [-0.05, 0) is 28.1 Å². The van der Waals surface area contributed by atoms with Crippen molar-refractivity contribution < 1.29 is 4.39 Å². The average molecular weight is 284 g/mol. The molecule has 0 amide bonds. The number of nitrogens with zero attached hydrogens (tertiary/aromatic N) is 2. The van der Waals surface area contributed by atoms with E-state index in [4.69, 9.17) is 5.26 Å². The second kappa shape index (κ2) is 4.40. The van der Waals surface area contributed by atoms with Gasteiger partial charge in [0, 0.05) is 20.1 Å². The summed E-state index contributed by atoms with van der Waals surface area (Å²) >= 11 is 3.11. The van der Waals surface area contributed by atoms with Crippen LogP contribution in [-0.4, -0.2) is 26.2 Å². The van der Waals surface area contributed by atoms with Crippen molar-refractivity contribution in [2.75, 3.05) is 25.0 Å². The van der Waals surface area contributed by atoms with Crippen molar-refractivity contribution in [1.82, 2.24) is 5.32 Å². The minimum atomic E-state index is -0.367. The molecule has 84 valence electrons. The molecule has 1 aromatic carbocycles. The van der Waals surface area contributed by atoms with Crippen LogP contribution in [0.2, 0.25) is 0 Å². The lowest BCUT2D eigenvalue weighted by atomic mass is 10.1.